The number of aromatic nitrogens is 4. The van der Waals surface area contributed by atoms with Crippen molar-refractivity contribution in [3.8, 4) is 0 Å². The van der Waals surface area contributed by atoms with Gasteiger partial charge in [0, 0.05) is 0 Å². The highest BCUT2D eigenvalue weighted by Crippen LogP contribution is 2.36. The molecule has 1 heterocycles. The van der Waals surface area contributed by atoms with Crippen molar-refractivity contribution in [2.75, 3.05) is 0 Å². The van der Waals surface area contributed by atoms with E-state index in [1.807, 2.05) is 13.8 Å². The number of rotatable bonds is 1. The van der Waals surface area contributed by atoms with Crippen molar-refractivity contribution in [1.82, 2.24) is 20.2 Å². The second kappa shape index (κ2) is 3.36. The molecule has 0 fully saturated rings. The van der Waals surface area contributed by atoms with Gasteiger partial charge in [-0.25, -0.2) is 4.68 Å². The van der Waals surface area contributed by atoms with Crippen LogP contribution in [0.3, 0.4) is 0 Å². The summed E-state index contributed by atoms with van der Waals surface area (Å²) >= 11 is 16.8. The Kier molecular flexibility index (Phi) is 2.81. The maximum atomic E-state index is 5.62. The summed E-state index contributed by atoms with van der Waals surface area (Å²) in [5.41, 5.74) is 0. The first-order chi connectivity index (χ1) is 5.43. The van der Waals surface area contributed by atoms with Gasteiger partial charge in [-0.15, -0.1) is 5.10 Å². The first-order valence-electron chi connectivity index (χ1n) is 3.28. The van der Waals surface area contributed by atoms with E-state index >= 15 is 0 Å². The Hall–Kier alpha value is -0.0600. The third kappa shape index (κ3) is 2.00. The van der Waals surface area contributed by atoms with Gasteiger partial charge in [0.05, 0.1) is 6.04 Å². The molecule has 0 aliphatic heterocycles. The number of tetrazole rings is 1. The molecule has 0 unspecified atom stereocenters. The van der Waals surface area contributed by atoms with E-state index in [0.717, 1.165) is 0 Å². The molecule has 0 radical (unpaired) electrons. The Morgan fingerprint density at radius 1 is 1.33 bits per heavy atom. The first-order valence-corrected chi connectivity index (χ1v) is 4.41. The Balaban J connectivity index is 3.08. The molecule has 0 bridgehead atoms. The zero-order chi connectivity index (χ0) is 9.35. The van der Waals surface area contributed by atoms with Gasteiger partial charge in [0.2, 0.25) is 5.82 Å². The van der Waals surface area contributed by atoms with Gasteiger partial charge in [0.25, 0.3) is 3.79 Å². The van der Waals surface area contributed by atoms with Crippen LogP contribution in [0.15, 0.2) is 0 Å². The van der Waals surface area contributed by atoms with Crippen LogP contribution in [0, 0.1) is 0 Å². The molecule has 1 aromatic heterocycles. The molecule has 0 spiro atoms. The number of halogens is 3. The van der Waals surface area contributed by atoms with Crippen molar-refractivity contribution in [3.63, 3.8) is 0 Å². The van der Waals surface area contributed by atoms with Crippen LogP contribution in [0.1, 0.15) is 25.7 Å². The molecule has 0 saturated heterocycles. The molecular formula is C5H7Cl3N4. The normalized spacial score (nSPS) is 12.5. The van der Waals surface area contributed by atoms with E-state index in [4.69, 9.17) is 34.8 Å². The second-order valence-electron chi connectivity index (χ2n) is 2.54. The largest absolute Gasteiger partial charge is 0.251 e. The summed E-state index contributed by atoms with van der Waals surface area (Å²) in [6, 6.07) is 0.0747. The van der Waals surface area contributed by atoms with Gasteiger partial charge >= 0.3 is 0 Å². The van der Waals surface area contributed by atoms with Gasteiger partial charge < -0.3 is 0 Å². The lowest BCUT2D eigenvalue weighted by atomic mass is 10.4. The van der Waals surface area contributed by atoms with E-state index < -0.39 is 3.79 Å². The van der Waals surface area contributed by atoms with Crippen LogP contribution in [-0.2, 0) is 3.79 Å². The summed E-state index contributed by atoms with van der Waals surface area (Å²) in [4.78, 5) is 0. The SMILES string of the molecule is CC(C)n1nnnc1C(Cl)(Cl)Cl. The molecular weight excluding hydrogens is 222 g/mol. The summed E-state index contributed by atoms with van der Waals surface area (Å²) in [7, 11) is 0. The van der Waals surface area contributed by atoms with Crippen molar-refractivity contribution < 1.29 is 0 Å². The molecule has 1 rings (SSSR count). The predicted molar refractivity (Wildman–Crippen MR) is 47.4 cm³/mol. The quantitative estimate of drug-likeness (QED) is 0.693. The lowest BCUT2D eigenvalue weighted by Gasteiger charge is -2.12. The summed E-state index contributed by atoms with van der Waals surface area (Å²) < 4.78 is -0.0965. The van der Waals surface area contributed by atoms with Gasteiger partial charge in [-0.2, -0.15) is 0 Å². The minimum atomic E-state index is -1.56. The zero-order valence-corrected chi connectivity index (χ0v) is 8.77. The molecule has 0 N–H and O–H groups in total. The van der Waals surface area contributed by atoms with Crippen LogP contribution in [0.4, 0.5) is 0 Å². The fourth-order valence-electron chi connectivity index (χ4n) is 0.728. The zero-order valence-electron chi connectivity index (χ0n) is 6.50. The molecule has 12 heavy (non-hydrogen) atoms. The van der Waals surface area contributed by atoms with E-state index in [-0.39, 0.29) is 11.9 Å². The number of hydrogen-bond acceptors (Lipinski definition) is 3. The van der Waals surface area contributed by atoms with E-state index in [2.05, 4.69) is 15.5 Å². The van der Waals surface area contributed by atoms with Crippen molar-refractivity contribution in [2.24, 2.45) is 0 Å². The molecule has 68 valence electrons. The average molecular weight is 229 g/mol. The minimum absolute atomic E-state index is 0.0747. The Morgan fingerprint density at radius 3 is 2.25 bits per heavy atom. The summed E-state index contributed by atoms with van der Waals surface area (Å²) in [5, 5.41) is 10.7. The molecule has 0 aromatic carbocycles. The highest BCUT2D eigenvalue weighted by molar-refractivity contribution is 6.66. The van der Waals surface area contributed by atoms with Crippen LogP contribution in [0.5, 0.6) is 0 Å². The summed E-state index contributed by atoms with van der Waals surface area (Å²) in [5.74, 6) is 0.238. The maximum absolute atomic E-state index is 5.62. The first kappa shape index (κ1) is 10.0. The van der Waals surface area contributed by atoms with E-state index in [9.17, 15) is 0 Å². The van der Waals surface area contributed by atoms with Gasteiger partial charge in [-0.1, -0.05) is 34.8 Å². The van der Waals surface area contributed by atoms with Gasteiger partial charge in [-0.05, 0) is 24.3 Å². The van der Waals surface area contributed by atoms with Gasteiger partial charge in [-0.3, -0.25) is 0 Å². The van der Waals surface area contributed by atoms with Crippen molar-refractivity contribution in [2.45, 2.75) is 23.7 Å². The molecule has 0 saturated carbocycles. The highest BCUT2D eigenvalue weighted by Gasteiger charge is 2.31. The van der Waals surface area contributed by atoms with Gasteiger partial charge in [0.15, 0.2) is 0 Å². The van der Waals surface area contributed by atoms with Crippen LogP contribution in [-0.4, -0.2) is 20.2 Å². The summed E-state index contributed by atoms with van der Waals surface area (Å²) in [6.45, 7) is 3.80. The van der Waals surface area contributed by atoms with Crippen LogP contribution < -0.4 is 0 Å². The maximum Gasteiger partial charge on any atom is 0.251 e. The van der Waals surface area contributed by atoms with Crippen LogP contribution in [0.2, 0.25) is 0 Å². The molecule has 1 aromatic rings. The third-order valence-electron chi connectivity index (χ3n) is 1.24. The Morgan fingerprint density at radius 2 is 1.92 bits per heavy atom. The number of hydrogen-bond donors (Lipinski definition) is 0. The topological polar surface area (TPSA) is 43.6 Å². The van der Waals surface area contributed by atoms with E-state index in [1.54, 1.807) is 0 Å². The lowest BCUT2D eigenvalue weighted by molar-refractivity contribution is 0.496. The fourth-order valence-corrected chi connectivity index (χ4v) is 1.10. The summed E-state index contributed by atoms with van der Waals surface area (Å²) in [6.07, 6.45) is 0. The van der Waals surface area contributed by atoms with Crippen molar-refractivity contribution in [1.29, 1.82) is 0 Å². The highest BCUT2D eigenvalue weighted by atomic mass is 35.6. The number of alkyl halides is 3. The van der Waals surface area contributed by atoms with Crippen LogP contribution in [0.25, 0.3) is 0 Å². The standard InChI is InChI=1S/C5H7Cl3N4/c1-3(2)12-4(5(6,7)8)9-10-11-12/h3H,1-2H3. The second-order valence-corrected chi connectivity index (χ2v) is 4.82. The van der Waals surface area contributed by atoms with Crippen LogP contribution >= 0.6 is 34.8 Å². The van der Waals surface area contributed by atoms with E-state index in [1.165, 1.54) is 4.68 Å². The smallest absolute Gasteiger partial charge is 0.223 e. The monoisotopic (exact) mass is 228 g/mol. The van der Waals surface area contributed by atoms with Crippen molar-refractivity contribution >= 4 is 34.8 Å². The molecule has 7 heteroatoms. The van der Waals surface area contributed by atoms with E-state index in [0.29, 0.717) is 0 Å². The number of nitrogens with zero attached hydrogens (tertiary/aromatic N) is 4. The molecule has 0 amide bonds. The minimum Gasteiger partial charge on any atom is -0.223 e. The lowest BCUT2D eigenvalue weighted by Crippen LogP contribution is -2.14. The molecule has 4 nitrogen and oxygen atoms in total. The fraction of sp³-hybridized carbons (Fsp3) is 0.800. The Bertz CT molecular complexity index is 264. The molecule has 0 aliphatic rings. The third-order valence-corrected chi connectivity index (χ3v) is 1.74. The predicted octanol–water partition coefficient (Wildman–Crippen LogP) is 2.08. The van der Waals surface area contributed by atoms with Crippen molar-refractivity contribution in [3.05, 3.63) is 5.82 Å². The molecule has 0 atom stereocenters. The molecule has 0 aliphatic carbocycles. The van der Waals surface area contributed by atoms with Gasteiger partial charge in [0.1, 0.15) is 0 Å². The average Bonchev–Trinajstić information content (AvgIpc) is 2.30. The Labute approximate surface area is 84.8 Å².